The smallest absolute Gasteiger partial charge is 0.308 e. The molecule has 3 fully saturated rings. The highest BCUT2D eigenvalue weighted by molar-refractivity contribution is 5.79. The molecule has 0 bridgehead atoms. The molecule has 1 saturated carbocycles. The van der Waals surface area contributed by atoms with Gasteiger partial charge in [-0.2, -0.15) is 0 Å². The number of carbonyl (C=O) groups is 2. The topological polar surface area (TPSA) is 76.1 Å². The summed E-state index contributed by atoms with van der Waals surface area (Å²) in [5, 5.41) is 9.32. The SMILES string of the molecule is O=C(O)[C@H]1CN(C(=O)CCOCC2CCCO2)C[C@@H]1C1CC1. The molecule has 2 heterocycles. The fourth-order valence-corrected chi connectivity index (χ4v) is 3.60. The Morgan fingerprint density at radius 3 is 2.68 bits per heavy atom. The van der Waals surface area contributed by atoms with Gasteiger partial charge in [-0.25, -0.2) is 0 Å². The van der Waals surface area contributed by atoms with Crippen LogP contribution in [-0.2, 0) is 19.1 Å². The Balaban J connectivity index is 1.39. The summed E-state index contributed by atoms with van der Waals surface area (Å²) in [4.78, 5) is 25.3. The summed E-state index contributed by atoms with van der Waals surface area (Å²) in [7, 11) is 0. The molecule has 0 aromatic rings. The first kappa shape index (κ1) is 15.7. The molecule has 3 atom stereocenters. The number of carboxylic acid groups (broad SMARTS) is 1. The van der Waals surface area contributed by atoms with Gasteiger partial charge in [0.2, 0.25) is 5.91 Å². The van der Waals surface area contributed by atoms with Crippen LogP contribution in [0.15, 0.2) is 0 Å². The van der Waals surface area contributed by atoms with Crippen molar-refractivity contribution in [2.24, 2.45) is 17.8 Å². The second-order valence-electron chi connectivity index (χ2n) is 6.70. The minimum Gasteiger partial charge on any atom is -0.481 e. The fourth-order valence-electron chi connectivity index (χ4n) is 3.60. The van der Waals surface area contributed by atoms with Crippen molar-refractivity contribution in [1.82, 2.24) is 4.90 Å². The molecule has 6 heteroatoms. The summed E-state index contributed by atoms with van der Waals surface area (Å²) in [5.41, 5.74) is 0. The summed E-state index contributed by atoms with van der Waals surface area (Å²) < 4.78 is 11.0. The van der Waals surface area contributed by atoms with E-state index in [9.17, 15) is 14.7 Å². The largest absolute Gasteiger partial charge is 0.481 e. The molecule has 0 spiro atoms. The molecule has 1 aliphatic carbocycles. The summed E-state index contributed by atoms with van der Waals surface area (Å²) >= 11 is 0. The van der Waals surface area contributed by atoms with Crippen molar-refractivity contribution in [3.05, 3.63) is 0 Å². The number of rotatable bonds is 7. The molecule has 2 aliphatic heterocycles. The van der Waals surface area contributed by atoms with Crippen LogP contribution < -0.4 is 0 Å². The average molecular weight is 311 g/mol. The van der Waals surface area contributed by atoms with Gasteiger partial charge in [-0.3, -0.25) is 9.59 Å². The first-order chi connectivity index (χ1) is 10.6. The quantitative estimate of drug-likeness (QED) is 0.714. The molecule has 3 rings (SSSR count). The zero-order chi connectivity index (χ0) is 15.5. The Bertz CT molecular complexity index is 417. The van der Waals surface area contributed by atoms with Gasteiger partial charge in [0.1, 0.15) is 0 Å². The van der Waals surface area contributed by atoms with Crippen molar-refractivity contribution < 1.29 is 24.2 Å². The number of hydrogen-bond donors (Lipinski definition) is 1. The minimum absolute atomic E-state index is 0.0155. The Morgan fingerprint density at radius 2 is 2.05 bits per heavy atom. The summed E-state index contributed by atoms with van der Waals surface area (Å²) in [6.45, 7) is 2.71. The highest BCUT2D eigenvalue weighted by Crippen LogP contribution is 2.44. The molecule has 1 unspecified atom stereocenters. The van der Waals surface area contributed by atoms with E-state index in [4.69, 9.17) is 9.47 Å². The lowest BCUT2D eigenvalue weighted by Gasteiger charge is -2.16. The lowest BCUT2D eigenvalue weighted by atomic mass is 9.92. The van der Waals surface area contributed by atoms with E-state index in [0.717, 1.165) is 32.3 Å². The van der Waals surface area contributed by atoms with Crippen LogP contribution in [0.25, 0.3) is 0 Å². The van der Waals surface area contributed by atoms with Gasteiger partial charge in [0.25, 0.3) is 0 Å². The number of ether oxygens (including phenoxy) is 2. The van der Waals surface area contributed by atoms with E-state index in [0.29, 0.717) is 38.6 Å². The maximum Gasteiger partial charge on any atom is 0.308 e. The first-order valence-electron chi connectivity index (χ1n) is 8.35. The maximum atomic E-state index is 12.2. The van der Waals surface area contributed by atoms with Crippen LogP contribution in [0, 0.1) is 17.8 Å². The highest BCUT2D eigenvalue weighted by atomic mass is 16.5. The molecule has 0 aromatic carbocycles. The average Bonchev–Trinajstić information content (AvgIpc) is 3.03. The van der Waals surface area contributed by atoms with Crippen LogP contribution in [0.4, 0.5) is 0 Å². The highest BCUT2D eigenvalue weighted by Gasteiger charge is 2.46. The van der Waals surface area contributed by atoms with Crippen LogP contribution in [-0.4, -0.2) is 60.9 Å². The van der Waals surface area contributed by atoms with Gasteiger partial charge in [0.15, 0.2) is 0 Å². The van der Waals surface area contributed by atoms with E-state index in [1.807, 2.05) is 0 Å². The van der Waals surface area contributed by atoms with Gasteiger partial charge in [0.05, 0.1) is 31.7 Å². The van der Waals surface area contributed by atoms with Gasteiger partial charge in [-0.15, -0.1) is 0 Å². The van der Waals surface area contributed by atoms with Crippen molar-refractivity contribution in [3.63, 3.8) is 0 Å². The van der Waals surface area contributed by atoms with Crippen molar-refractivity contribution in [3.8, 4) is 0 Å². The van der Waals surface area contributed by atoms with Gasteiger partial charge in [0, 0.05) is 19.7 Å². The zero-order valence-electron chi connectivity index (χ0n) is 12.9. The second kappa shape index (κ2) is 6.96. The van der Waals surface area contributed by atoms with Crippen LogP contribution in [0.1, 0.15) is 32.1 Å². The molecule has 1 amide bonds. The van der Waals surface area contributed by atoms with Gasteiger partial charge < -0.3 is 19.5 Å². The Morgan fingerprint density at radius 1 is 1.23 bits per heavy atom. The standard InChI is InChI=1S/C16H25NO5/c18-15(5-7-21-10-12-2-1-6-22-12)17-8-13(11-3-4-11)14(9-17)16(19)20/h11-14H,1-10H2,(H,19,20)/t12?,13-,14+/m1/s1. The molecule has 6 nitrogen and oxygen atoms in total. The molecular weight excluding hydrogens is 286 g/mol. The van der Waals surface area contributed by atoms with Gasteiger partial charge >= 0.3 is 5.97 Å². The van der Waals surface area contributed by atoms with Crippen molar-refractivity contribution in [1.29, 1.82) is 0 Å². The summed E-state index contributed by atoms with van der Waals surface area (Å²) in [6, 6.07) is 0. The van der Waals surface area contributed by atoms with E-state index in [-0.39, 0.29) is 23.8 Å². The normalized spacial score (nSPS) is 31.6. The lowest BCUT2D eigenvalue weighted by Crippen LogP contribution is -2.31. The summed E-state index contributed by atoms with van der Waals surface area (Å²) in [5.74, 6) is -0.475. The molecule has 0 radical (unpaired) electrons. The number of aliphatic carboxylic acids is 1. The van der Waals surface area contributed by atoms with E-state index in [1.165, 1.54) is 0 Å². The lowest BCUT2D eigenvalue weighted by molar-refractivity contribution is -0.142. The van der Waals surface area contributed by atoms with Crippen molar-refractivity contribution in [2.45, 2.75) is 38.2 Å². The summed E-state index contributed by atoms with van der Waals surface area (Å²) in [6.07, 6.45) is 4.85. The molecule has 2 saturated heterocycles. The molecule has 22 heavy (non-hydrogen) atoms. The third kappa shape index (κ3) is 3.79. The third-order valence-corrected chi connectivity index (χ3v) is 5.05. The number of hydrogen-bond acceptors (Lipinski definition) is 4. The first-order valence-corrected chi connectivity index (χ1v) is 8.35. The van der Waals surface area contributed by atoms with E-state index in [1.54, 1.807) is 4.90 Å². The monoisotopic (exact) mass is 311 g/mol. The van der Waals surface area contributed by atoms with E-state index >= 15 is 0 Å². The number of carboxylic acids is 1. The number of carbonyl (C=O) groups excluding carboxylic acids is 1. The predicted octanol–water partition coefficient (Wildman–Crippen LogP) is 1.14. The Kier molecular flexibility index (Phi) is 4.98. The molecular formula is C16H25NO5. The molecule has 0 aromatic heterocycles. The maximum absolute atomic E-state index is 12.2. The van der Waals surface area contributed by atoms with E-state index in [2.05, 4.69) is 0 Å². The van der Waals surface area contributed by atoms with Crippen LogP contribution >= 0.6 is 0 Å². The second-order valence-corrected chi connectivity index (χ2v) is 6.70. The van der Waals surface area contributed by atoms with Crippen LogP contribution in [0.5, 0.6) is 0 Å². The minimum atomic E-state index is -0.762. The van der Waals surface area contributed by atoms with Gasteiger partial charge in [-0.05, 0) is 37.5 Å². The molecule has 1 N–H and O–H groups in total. The fraction of sp³-hybridized carbons (Fsp3) is 0.875. The van der Waals surface area contributed by atoms with Crippen LogP contribution in [0.2, 0.25) is 0 Å². The van der Waals surface area contributed by atoms with Crippen molar-refractivity contribution >= 4 is 11.9 Å². The van der Waals surface area contributed by atoms with Crippen molar-refractivity contribution in [2.75, 3.05) is 32.9 Å². The number of nitrogens with zero attached hydrogens (tertiary/aromatic N) is 1. The number of likely N-dealkylation sites (tertiary alicyclic amines) is 1. The zero-order valence-corrected chi connectivity index (χ0v) is 12.9. The Labute approximate surface area is 130 Å². The third-order valence-electron chi connectivity index (χ3n) is 5.05. The van der Waals surface area contributed by atoms with Crippen LogP contribution in [0.3, 0.4) is 0 Å². The molecule has 124 valence electrons. The Hall–Kier alpha value is -1.14. The van der Waals surface area contributed by atoms with E-state index < -0.39 is 5.97 Å². The molecule has 3 aliphatic rings. The number of amides is 1. The predicted molar refractivity (Wildman–Crippen MR) is 78.3 cm³/mol. The van der Waals surface area contributed by atoms with Gasteiger partial charge in [-0.1, -0.05) is 0 Å².